The smallest absolute Gasteiger partial charge is 0.294 e. The lowest BCUT2D eigenvalue weighted by Gasteiger charge is -2.14. The van der Waals surface area contributed by atoms with E-state index >= 15 is 0 Å². The molecule has 3 rings (SSSR count). The van der Waals surface area contributed by atoms with Crippen LogP contribution in [0.25, 0.3) is 0 Å². The van der Waals surface area contributed by atoms with Gasteiger partial charge in [-0.2, -0.15) is 0 Å². The molecule has 1 aromatic carbocycles. The number of aryl methyl sites for hydroxylation is 2. The number of hydrogen-bond acceptors (Lipinski definition) is 2. The van der Waals surface area contributed by atoms with Crippen LogP contribution in [0.4, 0.5) is 0 Å². The summed E-state index contributed by atoms with van der Waals surface area (Å²) >= 11 is 0. The van der Waals surface area contributed by atoms with Crippen LogP contribution in [-0.4, -0.2) is 29.7 Å². The maximum atomic E-state index is 12.1. The first kappa shape index (κ1) is 11.5. The molecule has 0 aromatic heterocycles. The average molecular weight is 243 g/mol. The second-order valence-electron chi connectivity index (χ2n) is 5.17. The highest BCUT2D eigenvalue weighted by Gasteiger charge is 2.26. The van der Waals surface area contributed by atoms with E-state index in [2.05, 4.69) is 0 Å². The van der Waals surface area contributed by atoms with Crippen molar-refractivity contribution in [3.63, 3.8) is 0 Å². The van der Waals surface area contributed by atoms with Gasteiger partial charge in [0.2, 0.25) is 5.78 Å². The second kappa shape index (κ2) is 4.56. The zero-order valence-electron chi connectivity index (χ0n) is 10.4. The fourth-order valence-electron chi connectivity index (χ4n) is 2.90. The van der Waals surface area contributed by atoms with Gasteiger partial charge in [-0.3, -0.25) is 9.59 Å². The van der Waals surface area contributed by atoms with E-state index in [1.165, 1.54) is 11.1 Å². The molecule has 2 aliphatic rings. The maximum Gasteiger partial charge on any atom is 0.294 e. The third kappa shape index (κ3) is 1.94. The Kier molecular flexibility index (Phi) is 2.90. The van der Waals surface area contributed by atoms with E-state index < -0.39 is 0 Å². The molecule has 0 spiro atoms. The summed E-state index contributed by atoms with van der Waals surface area (Å²) in [6, 6.07) is 5.73. The molecule has 1 heterocycles. The average Bonchev–Trinajstić information content (AvgIpc) is 3.06. The summed E-state index contributed by atoms with van der Waals surface area (Å²) in [5.41, 5.74) is 3.14. The predicted molar refractivity (Wildman–Crippen MR) is 68.6 cm³/mol. The van der Waals surface area contributed by atoms with Crippen LogP contribution >= 0.6 is 0 Å². The van der Waals surface area contributed by atoms with Crippen molar-refractivity contribution in [2.75, 3.05) is 13.1 Å². The lowest BCUT2D eigenvalue weighted by atomic mass is 10.0. The maximum absolute atomic E-state index is 12.1. The Hall–Kier alpha value is -1.64. The number of Topliss-reactive ketones (excluding diaryl/α,β-unsaturated/α-hetero) is 1. The fraction of sp³-hybridized carbons (Fsp3) is 0.467. The monoisotopic (exact) mass is 243 g/mol. The van der Waals surface area contributed by atoms with Crippen molar-refractivity contribution in [1.82, 2.24) is 4.90 Å². The van der Waals surface area contributed by atoms with Gasteiger partial charge in [0.25, 0.3) is 5.91 Å². The van der Waals surface area contributed by atoms with Gasteiger partial charge in [-0.25, -0.2) is 0 Å². The number of fused-ring (bicyclic) bond motifs is 1. The van der Waals surface area contributed by atoms with Gasteiger partial charge in [0, 0.05) is 18.7 Å². The third-order valence-electron chi connectivity index (χ3n) is 3.95. The Bertz CT molecular complexity index is 501. The molecule has 1 aromatic rings. The Labute approximate surface area is 107 Å². The molecule has 18 heavy (non-hydrogen) atoms. The predicted octanol–water partition coefficient (Wildman–Crippen LogP) is 1.98. The summed E-state index contributed by atoms with van der Waals surface area (Å²) in [5, 5.41) is 0. The van der Waals surface area contributed by atoms with Gasteiger partial charge < -0.3 is 4.90 Å². The van der Waals surface area contributed by atoms with Crippen molar-refractivity contribution < 1.29 is 9.59 Å². The number of carbonyl (C=O) groups excluding carboxylic acids is 2. The number of amides is 1. The summed E-state index contributed by atoms with van der Waals surface area (Å²) in [4.78, 5) is 25.8. The summed E-state index contributed by atoms with van der Waals surface area (Å²) in [6.07, 6.45) is 5.33. The molecule has 0 radical (unpaired) electrons. The van der Waals surface area contributed by atoms with Crippen LogP contribution in [0.5, 0.6) is 0 Å². The zero-order chi connectivity index (χ0) is 12.5. The third-order valence-corrected chi connectivity index (χ3v) is 3.95. The molecule has 1 aliphatic carbocycles. The van der Waals surface area contributed by atoms with E-state index in [0.29, 0.717) is 5.56 Å². The molecule has 1 saturated heterocycles. The SMILES string of the molecule is O=C(C(=O)N1CCCC1)c1ccc2c(c1)CCC2. The quantitative estimate of drug-likeness (QED) is 0.588. The van der Waals surface area contributed by atoms with Crippen LogP contribution in [0.3, 0.4) is 0 Å². The number of ketones is 1. The fourth-order valence-corrected chi connectivity index (χ4v) is 2.90. The topological polar surface area (TPSA) is 37.4 Å². The normalized spacial score (nSPS) is 17.9. The summed E-state index contributed by atoms with van der Waals surface area (Å²) < 4.78 is 0. The first-order chi connectivity index (χ1) is 8.75. The highest BCUT2D eigenvalue weighted by atomic mass is 16.2. The number of hydrogen-bond donors (Lipinski definition) is 0. The molecule has 0 saturated carbocycles. The first-order valence-electron chi connectivity index (χ1n) is 6.71. The summed E-state index contributed by atoms with van der Waals surface area (Å²) in [5.74, 6) is -0.669. The van der Waals surface area contributed by atoms with Crippen molar-refractivity contribution in [3.05, 3.63) is 34.9 Å². The van der Waals surface area contributed by atoms with Crippen molar-refractivity contribution in [2.24, 2.45) is 0 Å². The van der Waals surface area contributed by atoms with Crippen LogP contribution in [-0.2, 0) is 17.6 Å². The molecule has 1 aliphatic heterocycles. The van der Waals surface area contributed by atoms with E-state index in [1.807, 2.05) is 12.1 Å². The van der Waals surface area contributed by atoms with Crippen LogP contribution in [0.1, 0.15) is 40.7 Å². The summed E-state index contributed by atoms with van der Waals surface area (Å²) in [6.45, 7) is 1.46. The van der Waals surface area contributed by atoms with Crippen LogP contribution in [0.2, 0.25) is 0 Å². The number of carbonyl (C=O) groups is 2. The number of nitrogens with zero attached hydrogens (tertiary/aromatic N) is 1. The van der Waals surface area contributed by atoms with E-state index in [1.54, 1.807) is 11.0 Å². The van der Waals surface area contributed by atoms with Crippen molar-refractivity contribution in [3.8, 4) is 0 Å². The molecule has 94 valence electrons. The number of likely N-dealkylation sites (tertiary alicyclic amines) is 1. The highest BCUT2D eigenvalue weighted by Crippen LogP contribution is 2.23. The minimum absolute atomic E-state index is 0.328. The van der Waals surface area contributed by atoms with Gasteiger partial charge in [-0.1, -0.05) is 12.1 Å². The van der Waals surface area contributed by atoms with E-state index in [-0.39, 0.29) is 11.7 Å². The molecule has 0 atom stereocenters. The van der Waals surface area contributed by atoms with Gasteiger partial charge in [0.1, 0.15) is 0 Å². The molecule has 0 bridgehead atoms. The molecule has 0 N–H and O–H groups in total. The first-order valence-corrected chi connectivity index (χ1v) is 6.71. The van der Waals surface area contributed by atoms with Crippen molar-refractivity contribution in [2.45, 2.75) is 32.1 Å². The molecular weight excluding hydrogens is 226 g/mol. The lowest BCUT2D eigenvalue weighted by Crippen LogP contribution is -2.34. The van der Waals surface area contributed by atoms with Gasteiger partial charge in [0.05, 0.1) is 0 Å². The van der Waals surface area contributed by atoms with Crippen molar-refractivity contribution >= 4 is 11.7 Å². The largest absolute Gasteiger partial charge is 0.336 e. The van der Waals surface area contributed by atoms with Gasteiger partial charge in [0.15, 0.2) is 0 Å². The van der Waals surface area contributed by atoms with Crippen LogP contribution in [0, 0.1) is 0 Å². The molecular formula is C15H17NO2. The zero-order valence-corrected chi connectivity index (χ0v) is 10.4. The lowest BCUT2D eigenvalue weighted by molar-refractivity contribution is -0.125. The van der Waals surface area contributed by atoms with Crippen LogP contribution < -0.4 is 0 Å². The summed E-state index contributed by atoms with van der Waals surface area (Å²) in [7, 11) is 0. The van der Waals surface area contributed by atoms with Gasteiger partial charge in [-0.05, 0) is 49.3 Å². The Morgan fingerprint density at radius 2 is 1.67 bits per heavy atom. The number of rotatable bonds is 2. The minimum Gasteiger partial charge on any atom is -0.336 e. The molecule has 0 unspecified atom stereocenters. The molecule has 3 nitrogen and oxygen atoms in total. The molecule has 3 heteroatoms. The van der Waals surface area contributed by atoms with E-state index in [0.717, 1.165) is 45.2 Å². The standard InChI is InChI=1S/C15H17NO2/c17-14(15(18)16-8-1-2-9-16)13-7-6-11-4-3-5-12(11)10-13/h6-7,10H,1-5,8-9H2. The Balaban J connectivity index is 1.81. The Morgan fingerprint density at radius 1 is 0.944 bits per heavy atom. The molecule has 1 fully saturated rings. The minimum atomic E-state index is -0.341. The van der Waals surface area contributed by atoms with Crippen molar-refractivity contribution in [1.29, 1.82) is 0 Å². The van der Waals surface area contributed by atoms with E-state index in [4.69, 9.17) is 0 Å². The van der Waals surface area contributed by atoms with E-state index in [9.17, 15) is 9.59 Å². The van der Waals surface area contributed by atoms with Gasteiger partial charge in [-0.15, -0.1) is 0 Å². The van der Waals surface area contributed by atoms with Crippen LogP contribution in [0.15, 0.2) is 18.2 Å². The second-order valence-corrected chi connectivity index (χ2v) is 5.17. The highest BCUT2D eigenvalue weighted by molar-refractivity contribution is 6.42. The van der Waals surface area contributed by atoms with Gasteiger partial charge >= 0.3 is 0 Å². The Morgan fingerprint density at radius 3 is 2.44 bits per heavy atom. The number of benzene rings is 1. The molecule has 1 amide bonds.